The first-order valence-corrected chi connectivity index (χ1v) is 19.1. The van der Waals surface area contributed by atoms with Crippen molar-refractivity contribution in [2.24, 2.45) is 0 Å². The number of unbranched alkanes of at least 4 members (excludes halogenated alkanes) is 14. The molecule has 0 aromatic heterocycles. The molecule has 0 saturated carbocycles. The number of carbonyl (C=O) groups is 1. The maximum atomic E-state index is 12.7. The summed E-state index contributed by atoms with van der Waals surface area (Å²) in [5.74, 6) is -0.189. The fourth-order valence-corrected chi connectivity index (χ4v) is 5.45. The number of phosphoric acid groups is 1. The van der Waals surface area contributed by atoms with Crippen LogP contribution in [0.25, 0.3) is 0 Å². The highest BCUT2D eigenvalue weighted by atomic mass is 31.2. The van der Waals surface area contributed by atoms with E-state index in [1.807, 2.05) is 21.1 Å². The van der Waals surface area contributed by atoms with Gasteiger partial charge in [-0.3, -0.25) is 9.36 Å². The van der Waals surface area contributed by atoms with Gasteiger partial charge in [-0.15, -0.1) is 0 Å². The first-order chi connectivity index (χ1) is 21.0. The van der Waals surface area contributed by atoms with Gasteiger partial charge in [0.15, 0.2) is 0 Å². The lowest BCUT2D eigenvalue weighted by atomic mass is 10.0. The summed E-state index contributed by atoms with van der Waals surface area (Å²) in [5, 5.41) is 13.7. The summed E-state index contributed by atoms with van der Waals surface area (Å²) in [5.41, 5.74) is 0. The third-order valence-corrected chi connectivity index (χ3v) is 8.63. The highest BCUT2D eigenvalue weighted by Gasteiger charge is 2.24. The number of rotatable bonds is 31. The number of allylic oxidation sites excluding steroid dienone is 4. The zero-order valence-electron chi connectivity index (χ0n) is 29.1. The predicted molar refractivity (Wildman–Crippen MR) is 182 cm³/mol. The van der Waals surface area contributed by atoms with E-state index in [0.29, 0.717) is 23.9 Å². The van der Waals surface area contributed by atoms with E-state index < -0.39 is 20.0 Å². The lowest BCUT2D eigenvalue weighted by Crippen LogP contribution is -2.46. The average Bonchev–Trinajstić information content (AvgIpc) is 2.95. The van der Waals surface area contributed by atoms with Gasteiger partial charge in [0.25, 0.3) is 7.82 Å². The van der Waals surface area contributed by atoms with Gasteiger partial charge < -0.3 is 28.8 Å². The molecular weight excluding hydrogens is 575 g/mol. The van der Waals surface area contributed by atoms with Crippen molar-refractivity contribution in [3.63, 3.8) is 0 Å². The van der Waals surface area contributed by atoms with Crippen molar-refractivity contribution < 1.29 is 32.9 Å². The van der Waals surface area contributed by atoms with Crippen LogP contribution in [0.1, 0.15) is 142 Å². The molecule has 0 radical (unpaired) electrons. The number of likely N-dealkylation sites (N-methyl/N-ethyl adjacent to an activating group) is 1. The first kappa shape index (κ1) is 43.0. The van der Waals surface area contributed by atoms with Crippen molar-refractivity contribution in [2.75, 3.05) is 40.9 Å². The topological polar surface area (TPSA) is 108 Å². The molecule has 44 heavy (non-hydrogen) atoms. The minimum Gasteiger partial charge on any atom is -0.756 e. The third-order valence-electron chi connectivity index (χ3n) is 7.66. The molecule has 1 amide bonds. The second-order valence-corrected chi connectivity index (χ2v) is 14.6. The number of hydrogen-bond donors (Lipinski definition) is 2. The van der Waals surface area contributed by atoms with Crippen molar-refractivity contribution in [3.05, 3.63) is 24.3 Å². The van der Waals surface area contributed by atoms with Crippen LogP contribution in [0.2, 0.25) is 0 Å². The molecule has 3 atom stereocenters. The Morgan fingerprint density at radius 2 is 1.25 bits per heavy atom. The fourth-order valence-electron chi connectivity index (χ4n) is 4.73. The van der Waals surface area contributed by atoms with Crippen molar-refractivity contribution >= 4 is 13.7 Å². The molecule has 0 saturated heterocycles. The maximum Gasteiger partial charge on any atom is 0.268 e. The molecule has 0 bridgehead atoms. The third kappa shape index (κ3) is 29.7. The second-order valence-electron chi connectivity index (χ2n) is 13.2. The highest BCUT2D eigenvalue weighted by molar-refractivity contribution is 7.45. The normalized spacial score (nSPS) is 15.2. The van der Waals surface area contributed by atoms with Gasteiger partial charge in [-0.05, 0) is 64.2 Å². The number of hydrogen-bond acceptors (Lipinski definition) is 6. The standard InChI is InChI=1S/C35H69N2O6P/c1-6-8-10-12-14-16-17-18-19-21-23-25-27-29-35(39)36-33(32-43-44(40,41)42-31-30-37(3,4)5)34(38)28-26-24-22-20-15-13-11-9-7-2/h15-17,20,33-34,38H,6-14,18-19,21-32H2,1-5H3,(H-,36,39,40,41)/b17-16+,20-15+/t33-,34+/m0/s1. The fraction of sp³-hybridized carbons (Fsp3) is 0.857. The molecule has 9 heteroatoms. The van der Waals surface area contributed by atoms with Crippen LogP contribution in [-0.4, -0.2) is 68.5 Å². The first-order valence-electron chi connectivity index (χ1n) is 17.7. The van der Waals surface area contributed by atoms with Crippen LogP contribution < -0.4 is 10.2 Å². The quantitative estimate of drug-likeness (QED) is 0.0343. The molecule has 0 heterocycles. The minimum atomic E-state index is -4.56. The zero-order valence-corrected chi connectivity index (χ0v) is 30.0. The van der Waals surface area contributed by atoms with E-state index in [0.717, 1.165) is 57.8 Å². The van der Waals surface area contributed by atoms with Crippen LogP contribution in [0.15, 0.2) is 24.3 Å². The highest BCUT2D eigenvalue weighted by Crippen LogP contribution is 2.38. The lowest BCUT2D eigenvalue weighted by Gasteiger charge is -2.30. The van der Waals surface area contributed by atoms with Gasteiger partial charge >= 0.3 is 0 Å². The van der Waals surface area contributed by atoms with Gasteiger partial charge in [-0.25, -0.2) is 0 Å². The number of amides is 1. The molecular formula is C35H69N2O6P. The zero-order chi connectivity index (χ0) is 32.9. The monoisotopic (exact) mass is 644 g/mol. The Morgan fingerprint density at radius 1 is 0.773 bits per heavy atom. The number of aliphatic hydroxyl groups is 1. The van der Waals surface area contributed by atoms with E-state index in [2.05, 4.69) is 43.5 Å². The lowest BCUT2D eigenvalue weighted by molar-refractivity contribution is -0.870. The molecule has 0 aromatic carbocycles. The molecule has 0 aliphatic carbocycles. The predicted octanol–water partition coefficient (Wildman–Crippen LogP) is 7.99. The molecule has 260 valence electrons. The van der Waals surface area contributed by atoms with Gasteiger partial charge in [-0.1, -0.05) is 95.9 Å². The van der Waals surface area contributed by atoms with Crippen LogP contribution >= 0.6 is 7.82 Å². The van der Waals surface area contributed by atoms with Crippen LogP contribution in [0, 0.1) is 0 Å². The van der Waals surface area contributed by atoms with Gasteiger partial charge in [0, 0.05) is 6.42 Å². The number of carbonyl (C=O) groups excluding carboxylic acids is 1. The summed E-state index contributed by atoms with van der Waals surface area (Å²) in [4.78, 5) is 25.0. The van der Waals surface area contributed by atoms with Gasteiger partial charge in [0.1, 0.15) is 13.2 Å². The Kier molecular flexibility index (Phi) is 27.6. The summed E-state index contributed by atoms with van der Waals surface area (Å²) in [7, 11) is 1.27. The second kappa shape index (κ2) is 28.2. The average molecular weight is 645 g/mol. The van der Waals surface area contributed by atoms with Crippen molar-refractivity contribution in [3.8, 4) is 0 Å². The maximum absolute atomic E-state index is 12.7. The van der Waals surface area contributed by atoms with Crippen LogP contribution in [0.4, 0.5) is 0 Å². The molecule has 0 aliphatic rings. The summed E-state index contributed by atoms with van der Waals surface area (Å²) >= 11 is 0. The molecule has 1 unspecified atom stereocenters. The molecule has 0 rings (SSSR count). The molecule has 8 nitrogen and oxygen atoms in total. The number of phosphoric ester groups is 1. The van der Waals surface area contributed by atoms with Crippen LogP contribution in [0.5, 0.6) is 0 Å². The van der Waals surface area contributed by atoms with Crippen molar-refractivity contribution in [1.82, 2.24) is 5.32 Å². The largest absolute Gasteiger partial charge is 0.756 e. The minimum absolute atomic E-state index is 0.00511. The Morgan fingerprint density at radius 3 is 1.82 bits per heavy atom. The molecule has 0 aliphatic heterocycles. The van der Waals surface area contributed by atoms with Gasteiger partial charge in [-0.2, -0.15) is 0 Å². The van der Waals surface area contributed by atoms with Crippen LogP contribution in [0.3, 0.4) is 0 Å². The Hall–Kier alpha value is -1.02. The smallest absolute Gasteiger partial charge is 0.268 e. The molecule has 2 N–H and O–H groups in total. The van der Waals surface area contributed by atoms with E-state index >= 15 is 0 Å². The number of nitrogens with zero attached hydrogens (tertiary/aromatic N) is 1. The number of nitrogens with one attached hydrogen (secondary N) is 1. The van der Waals surface area contributed by atoms with Gasteiger partial charge in [0.2, 0.25) is 5.91 Å². The van der Waals surface area contributed by atoms with E-state index in [1.54, 1.807) is 0 Å². The summed E-state index contributed by atoms with van der Waals surface area (Å²) in [6.07, 6.45) is 29.0. The van der Waals surface area contributed by atoms with E-state index in [1.165, 1.54) is 57.8 Å². The van der Waals surface area contributed by atoms with Crippen molar-refractivity contribution in [2.45, 2.75) is 154 Å². The molecule has 0 spiro atoms. The molecule has 0 aromatic rings. The number of aliphatic hydroxyl groups excluding tert-OH is 1. The Labute approximate surface area is 271 Å². The van der Waals surface area contributed by atoms with E-state index in [4.69, 9.17) is 9.05 Å². The van der Waals surface area contributed by atoms with Gasteiger partial charge in [0.05, 0.1) is 39.9 Å². The SMILES string of the molecule is CCCCC/C=C/CCCC[C@@H](O)[C@H](COP(=O)([O-])OCC[N+](C)(C)C)NC(=O)CCCCCCC/C=C/CCCCCC. The van der Waals surface area contributed by atoms with Crippen LogP contribution in [-0.2, 0) is 18.4 Å². The summed E-state index contributed by atoms with van der Waals surface area (Å²) in [6, 6.07) is -0.815. The van der Waals surface area contributed by atoms with E-state index in [9.17, 15) is 19.4 Å². The Bertz CT molecular complexity index is 784. The summed E-state index contributed by atoms with van der Waals surface area (Å²) < 4.78 is 23.0. The number of quaternary nitrogens is 1. The molecule has 0 fully saturated rings. The summed E-state index contributed by atoms with van der Waals surface area (Å²) in [6.45, 7) is 4.59. The van der Waals surface area contributed by atoms with E-state index in [-0.39, 0.29) is 19.1 Å². The van der Waals surface area contributed by atoms with Crippen molar-refractivity contribution in [1.29, 1.82) is 0 Å². The Balaban J connectivity index is 4.54.